The third-order valence-corrected chi connectivity index (χ3v) is 4.00. The molecule has 2 heteroatoms. The Morgan fingerprint density at radius 1 is 0.739 bits per heavy atom. The number of hydrogen-bond donors (Lipinski definition) is 0. The van der Waals surface area contributed by atoms with Gasteiger partial charge >= 0.3 is 0 Å². The monoisotopic (exact) mass is 310 g/mol. The van der Waals surface area contributed by atoms with Crippen LogP contribution in [0.15, 0.2) is 61.2 Å². The minimum atomic E-state index is -0.542. The first-order valence-corrected chi connectivity index (χ1v) is 7.91. The average Bonchev–Trinajstić information content (AvgIpc) is 2.54. The molecule has 2 aromatic rings. The van der Waals surface area contributed by atoms with Gasteiger partial charge in [0.15, 0.2) is 0 Å². The van der Waals surface area contributed by atoms with Crippen molar-refractivity contribution in [3.63, 3.8) is 0 Å². The van der Waals surface area contributed by atoms with Crippen molar-refractivity contribution in [2.24, 2.45) is 0 Å². The zero-order valence-corrected chi connectivity index (χ0v) is 14.7. The third-order valence-electron chi connectivity index (χ3n) is 4.00. The highest BCUT2D eigenvalue weighted by molar-refractivity contribution is 5.61. The fourth-order valence-corrected chi connectivity index (χ4v) is 2.30. The number of rotatable bonds is 6. The molecule has 2 rings (SSSR count). The number of allylic oxidation sites excluding steroid dienone is 1. The summed E-state index contributed by atoms with van der Waals surface area (Å²) in [5.41, 5.74) is 3.27. The van der Waals surface area contributed by atoms with Crippen molar-refractivity contribution in [2.75, 3.05) is 0 Å². The van der Waals surface area contributed by atoms with Crippen LogP contribution >= 0.6 is 0 Å². The molecule has 0 aliphatic heterocycles. The zero-order valence-electron chi connectivity index (χ0n) is 14.7. The van der Waals surface area contributed by atoms with Crippen molar-refractivity contribution in [1.82, 2.24) is 0 Å². The molecule has 0 saturated carbocycles. The molecule has 122 valence electrons. The summed E-state index contributed by atoms with van der Waals surface area (Å²) in [6.07, 6.45) is 0. The lowest BCUT2D eigenvalue weighted by atomic mass is 9.96. The van der Waals surface area contributed by atoms with Gasteiger partial charge in [0.1, 0.15) is 11.2 Å². The Balaban J connectivity index is 2.10. The van der Waals surface area contributed by atoms with Crippen LogP contribution in [0.3, 0.4) is 0 Å². The summed E-state index contributed by atoms with van der Waals surface area (Å²) in [5, 5.41) is 0. The van der Waals surface area contributed by atoms with E-state index in [0.717, 1.165) is 22.3 Å². The van der Waals surface area contributed by atoms with Crippen LogP contribution in [0, 0.1) is 0 Å². The molecule has 23 heavy (non-hydrogen) atoms. The van der Waals surface area contributed by atoms with E-state index in [1.807, 2.05) is 65.0 Å². The normalized spacial score (nSPS) is 12.2. The second-order valence-corrected chi connectivity index (χ2v) is 6.91. The molecule has 0 spiro atoms. The molecule has 0 atom stereocenters. The van der Waals surface area contributed by atoms with Crippen molar-refractivity contribution < 1.29 is 9.78 Å². The molecule has 0 heterocycles. The first-order valence-electron chi connectivity index (χ1n) is 7.91. The number of benzene rings is 2. The average molecular weight is 310 g/mol. The quantitative estimate of drug-likeness (QED) is 0.493. The predicted molar refractivity (Wildman–Crippen MR) is 95.8 cm³/mol. The van der Waals surface area contributed by atoms with Gasteiger partial charge in [-0.05, 0) is 51.3 Å². The molecule has 0 saturated heterocycles. The van der Waals surface area contributed by atoms with Crippen LogP contribution in [-0.4, -0.2) is 0 Å². The van der Waals surface area contributed by atoms with E-state index in [9.17, 15) is 0 Å². The Morgan fingerprint density at radius 3 is 1.61 bits per heavy atom. The Kier molecular flexibility index (Phi) is 5.08. The highest BCUT2D eigenvalue weighted by Crippen LogP contribution is 2.31. The Morgan fingerprint density at radius 2 is 1.17 bits per heavy atom. The summed E-state index contributed by atoms with van der Waals surface area (Å²) >= 11 is 0. The number of hydrogen-bond acceptors (Lipinski definition) is 2. The molecule has 0 bridgehead atoms. The largest absolute Gasteiger partial charge is 0.225 e. The standard InChI is InChI=1S/C21H26O2/c1-16(2)17-12-14-19(15-13-17)21(5,6)23-22-20(3,4)18-10-8-7-9-11-18/h7-15H,1H2,2-6H3. The molecule has 0 fully saturated rings. The van der Waals surface area contributed by atoms with Gasteiger partial charge in [-0.25, -0.2) is 9.78 Å². The first kappa shape index (κ1) is 17.5. The van der Waals surface area contributed by atoms with E-state index in [0.29, 0.717) is 0 Å². The maximum atomic E-state index is 5.81. The third kappa shape index (κ3) is 4.31. The summed E-state index contributed by atoms with van der Waals surface area (Å²) in [5.74, 6) is 0. The van der Waals surface area contributed by atoms with Gasteiger partial charge in [0.05, 0.1) is 0 Å². The topological polar surface area (TPSA) is 18.5 Å². The van der Waals surface area contributed by atoms with Gasteiger partial charge in [0, 0.05) is 0 Å². The van der Waals surface area contributed by atoms with Gasteiger partial charge in [-0.3, -0.25) is 0 Å². The SMILES string of the molecule is C=C(C)c1ccc(C(C)(C)OOC(C)(C)c2ccccc2)cc1. The lowest BCUT2D eigenvalue weighted by molar-refractivity contribution is -0.410. The fourth-order valence-electron chi connectivity index (χ4n) is 2.30. The van der Waals surface area contributed by atoms with E-state index < -0.39 is 11.2 Å². The maximum Gasteiger partial charge on any atom is 0.123 e. The molecule has 0 aromatic heterocycles. The smallest absolute Gasteiger partial charge is 0.123 e. The van der Waals surface area contributed by atoms with Crippen molar-refractivity contribution in [2.45, 2.75) is 45.8 Å². The lowest BCUT2D eigenvalue weighted by Crippen LogP contribution is -2.29. The summed E-state index contributed by atoms with van der Waals surface area (Å²) in [7, 11) is 0. The van der Waals surface area contributed by atoms with Crippen LogP contribution in [0.25, 0.3) is 5.57 Å². The van der Waals surface area contributed by atoms with E-state index in [1.165, 1.54) is 0 Å². The minimum Gasteiger partial charge on any atom is -0.225 e. The van der Waals surface area contributed by atoms with Gasteiger partial charge in [-0.1, -0.05) is 66.7 Å². The van der Waals surface area contributed by atoms with Crippen LogP contribution in [0.5, 0.6) is 0 Å². The van der Waals surface area contributed by atoms with Crippen molar-refractivity contribution >= 4 is 5.57 Å². The molecule has 0 aliphatic rings. The molecule has 0 unspecified atom stereocenters. The second-order valence-electron chi connectivity index (χ2n) is 6.91. The van der Waals surface area contributed by atoms with Gasteiger partial charge in [-0.15, -0.1) is 0 Å². The highest BCUT2D eigenvalue weighted by atomic mass is 17.2. The van der Waals surface area contributed by atoms with Crippen LogP contribution < -0.4 is 0 Å². The fraction of sp³-hybridized carbons (Fsp3) is 0.333. The van der Waals surface area contributed by atoms with Gasteiger partial charge in [-0.2, -0.15) is 0 Å². The summed E-state index contributed by atoms with van der Waals surface area (Å²) in [4.78, 5) is 11.6. The molecule has 0 amide bonds. The lowest BCUT2D eigenvalue weighted by Gasteiger charge is -2.31. The first-order chi connectivity index (χ1) is 10.7. The molecule has 0 radical (unpaired) electrons. The Hall–Kier alpha value is -1.90. The molecular weight excluding hydrogens is 284 g/mol. The van der Waals surface area contributed by atoms with E-state index in [-0.39, 0.29) is 0 Å². The zero-order chi connectivity index (χ0) is 17.1. The van der Waals surface area contributed by atoms with E-state index >= 15 is 0 Å². The Labute approximate surface area is 139 Å². The second kappa shape index (κ2) is 6.69. The van der Waals surface area contributed by atoms with Crippen LogP contribution in [0.1, 0.15) is 51.3 Å². The van der Waals surface area contributed by atoms with Gasteiger partial charge in [0.25, 0.3) is 0 Å². The van der Waals surface area contributed by atoms with Crippen molar-refractivity contribution in [3.8, 4) is 0 Å². The van der Waals surface area contributed by atoms with E-state index in [1.54, 1.807) is 0 Å². The predicted octanol–water partition coefficient (Wildman–Crippen LogP) is 5.84. The Bertz CT molecular complexity index is 652. The minimum absolute atomic E-state index is 0.518. The van der Waals surface area contributed by atoms with Crippen molar-refractivity contribution in [1.29, 1.82) is 0 Å². The molecule has 0 aliphatic carbocycles. The van der Waals surface area contributed by atoms with Crippen LogP contribution in [-0.2, 0) is 21.0 Å². The molecule has 0 N–H and O–H groups in total. The molecule has 2 aromatic carbocycles. The van der Waals surface area contributed by atoms with Crippen LogP contribution in [0.2, 0.25) is 0 Å². The molecular formula is C21H26O2. The van der Waals surface area contributed by atoms with E-state index in [4.69, 9.17) is 9.78 Å². The van der Waals surface area contributed by atoms with Crippen LogP contribution in [0.4, 0.5) is 0 Å². The summed E-state index contributed by atoms with van der Waals surface area (Å²) in [6, 6.07) is 18.3. The van der Waals surface area contributed by atoms with Crippen molar-refractivity contribution in [3.05, 3.63) is 77.9 Å². The summed E-state index contributed by atoms with van der Waals surface area (Å²) in [6.45, 7) is 14.0. The maximum absolute atomic E-state index is 5.81. The highest BCUT2D eigenvalue weighted by Gasteiger charge is 2.29. The van der Waals surface area contributed by atoms with Gasteiger partial charge in [0.2, 0.25) is 0 Å². The van der Waals surface area contributed by atoms with Gasteiger partial charge < -0.3 is 0 Å². The molecule has 2 nitrogen and oxygen atoms in total. The summed E-state index contributed by atoms with van der Waals surface area (Å²) < 4.78 is 0. The van der Waals surface area contributed by atoms with E-state index in [2.05, 4.69) is 30.8 Å².